The molecular formula is C51H10F22N4O10. The van der Waals surface area contributed by atoms with Gasteiger partial charge in [0, 0.05) is 24.3 Å². The molecule has 0 aliphatic carbocycles. The molecule has 0 saturated carbocycles. The van der Waals surface area contributed by atoms with Gasteiger partial charge in [-0.3, -0.25) is 38.4 Å². The second kappa shape index (κ2) is 19.8. The maximum absolute atomic E-state index is 15.8. The number of benzene rings is 6. The molecule has 0 saturated heterocycles. The van der Waals surface area contributed by atoms with E-state index >= 15 is 96.6 Å². The van der Waals surface area contributed by atoms with Crippen LogP contribution in [0.25, 0.3) is 0 Å². The van der Waals surface area contributed by atoms with E-state index < -0.39 is 269 Å². The van der Waals surface area contributed by atoms with Crippen LogP contribution in [-0.4, -0.2) is 59.6 Å². The molecule has 4 aliphatic rings. The first-order valence-electron chi connectivity index (χ1n) is 22.6. The molecule has 14 nitrogen and oxygen atoms in total. The summed E-state index contributed by atoms with van der Waals surface area (Å²) in [5.41, 5.74) is -25.9. The molecule has 6 aromatic rings. The van der Waals surface area contributed by atoms with Gasteiger partial charge in [-0.2, -0.15) is 61.5 Å². The minimum absolute atomic E-state index is 0.0813. The maximum Gasteiger partial charge on any atom is 0.411 e. The minimum atomic E-state index is -6.87. The number of rotatable bonds is 10. The number of halogens is 22. The summed E-state index contributed by atoms with van der Waals surface area (Å²) in [6.07, 6.45) is -12.3. The van der Waals surface area contributed by atoms with Crippen molar-refractivity contribution in [2.45, 2.75) is 17.8 Å². The van der Waals surface area contributed by atoms with Crippen molar-refractivity contribution >= 4 is 70.0 Å². The third-order valence-corrected chi connectivity index (χ3v) is 13.2. The van der Waals surface area contributed by atoms with Crippen molar-refractivity contribution in [2.24, 2.45) is 0 Å². The third kappa shape index (κ3) is 8.14. The number of alkyl halides is 6. The van der Waals surface area contributed by atoms with Crippen LogP contribution in [0.3, 0.4) is 0 Å². The van der Waals surface area contributed by atoms with Gasteiger partial charge in [-0.05, 0) is 35.4 Å². The fourth-order valence-corrected chi connectivity index (χ4v) is 9.33. The van der Waals surface area contributed by atoms with Crippen LogP contribution in [-0.2, 0) is 24.6 Å². The Kier molecular flexibility index (Phi) is 13.5. The van der Waals surface area contributed by atoms with Gasteiger partial charge in [0.2, 0.25) is 75.0 Å². The Morgan fingerprint density at radius 3 is 0.701 bits per heavy atom. The summed E-state index contributed by atoms with van der Waals surface area (Å²) in [4.78, 5) is 99.3. The number of anilines is 4. The average Bonchev–Trinajstić information content (AvgIpc) is 1.72. The number of carbonyl (C=O) groups excluding carboxylic acids is 8. The van der Waals surface area contributed by atoms with Crippen LogP contribution in [0.2, 0.25) is 0 Å². The Bertz CT molecular complexity index is 3960. The lowest BCUT2D eigenvalue weighted by Crippen LogP contribution is -2.55. The molecule has 0 fully saturated rings. The Morgan fingerprint density at radius 1 is 0.276 bits per heavy atom. The highest BCUT2D eigenvalue weighted by Gasteiger charge is 2.73. The van der Waals surface area contributed by atoms with Gasteiger partial charge in [0.05, 0.1) is 22.3 Å². The number of fused-ring (bicyclic) bond motifs is 2. The quantitative estimate of drug-likeness (QED) is 0.0731. The number of nitrogens with zero attached hydrogens (tertiary/aromatic N) is 4. The Balaban J connectivity index is 1.000. The zero-order valence-corrected chi connectivity index (χ0v) is 40.5. The van der Waals surface area contributed by atoms with Crippen LogP contribution in [0.1, 0.15) is 52.6 Å². The Labute approximate surface area is 461 Å². The summed E-state index contributed by atoms with van der Waals surface area (Å²) < 4.78 is 347. The van der Waals surface area contributed by atoms with E-state index in [0.717, 1.165) is 0 Å². The number of ether oxygens (including phenoxy) is 2. The lowest BCUT2D eigenvalue weighted by atomic mass is 9.71. The van der Waals surface area contributed by atoms with Crippen molar-refractivity contribution in [1.82, 2.24) is 0 Å². The van der Waals surface area contributed by atoms with Crippen molar-refractivity contribution in [2.75, 3.05) is 19.6 Å². The molecule has 10 rings (SSSR count). The fraction of sp³-hybridized carbons (Fsp3) is 0.0588. The second-order valence-electron chi connectivity index (χ2n) is 17.8. The lowest BCUT2D eigenvalue weighted by Gasteiger charge is -2.38. The molecule has 0 N–H and O–H groups in total. The van der Waals surface area contributed by atoms with E-state index in [1.807, 2.05) is 0 Å². The molecule has 0 atom stereocenters. The minimum Gasteiger partial charge on any atom is -0.444 e. The Hall–Kier alpha value is -10.6. The predicted octanol–water partition coefficient (Wildman–Crippen LogP) is 11.4. The highest BCUT2D eigenvalue weighted by molar-refractivity contribution is 6.36. The fourth-order valence-electron chi connectivity index (χ4n) is 9.33. The molecule has 0 aromatic heterocycles. The maximum atomic E-state index is 15.8. The number of carbonyl (C=O) groups is 8. The highest BCUT2D eigenvalue weighted by Crippen LogP contribution is 2.58. The van der Waals surface area contributed by atoms with E-state index in [1.165, 1.54) is 0 Å². The molecule has 0 radical (unpaired) electrons. The molecular weight excluding hydrogens is 1250 g/mol. The highest BCUT2D eigenvalue weighted by atomic mass is 19.4. The lowest BCUT2D eigenvalue weighted by molar-refractivity contribution is -0.288. The first kappa shape index (κ1) is 59.6. The van der Waals surface area contributed by atoms with Crippen molar-refractivity contribution < 1.29 is 144 Å². The number of imide groups is 4. The van der Waals surface area contributed by atoms with Gasteiger partial charge in [-0.25, -0.2) is 54.7 Å². The standard InChI is InChI=1S/C51H10F22N4O10/c52-21-29(60)41(30(61)22(53)37(21)74-17(78)5-6-18(74)79)86-43-33(64)25(56)39(26(57)34(43)65)76-45(82)13-3-1-11(9-15(13)47(76)84)49(50(68,69)70,51(71,72)73)12-2-4-14-16(10-12)48(85)77(46(14)83)40-27(58)35(66)44(36(67)28(40)59)87-42-31(62)23(54)38(24(55)32(42)63)75-19(80)7-8-20(75)81/h1-10H. The van der Waals surface area contributed by atoms with E-state index in [0.29, 0.717) is 24.3 Å². The topological polar surface area (TPSA) is 168 Å². The van der Waals surface area contributed by atoms with E-state index in [9.17, 15) is 38.4 Å². The van der Waals surface area contributed by atoms with E-state index in [2.05, 4.69) is 9.47 Å². The van der Waals surface area contributed by atoms with Crippen molar-refractivity contribution in [1.29, 1.82) is 0 Å². The molecule has 448 valence electrons. The summed E-state index contributed by atoms with van der Waals surface area (Å²) in [5, 5.41) is 0. The van der Waals surface area contributed by atoms with Crippen LogP contribution in [0, 0.1) is 93.1 Å². The predicted molar refractivity (Wildman–Crippen MR) is 237 cm³/mol. The van der Waals surface area contributed by atoms with E-state index in [4.69, 9.17) is 0 Å². The zero-order chi connectivity index (χ0) is 64.2. The average molecular weight is 1260 g/mol. The molecule has 0 unspecified atom stereocenters. The van der Waals surface area contributed by atoms with Gasteiger partial charge in [0.25, 0.3) is 47.3 Å². The van der Waals surface area contributed by atoms with Gasteiger partial charge in [0.1, 0.15) is 22.7 Å². The van der Waals surface area contributed by atoms with Crippen molar-refractivity contribution in [3.63, 3.8) is 0 Å². The van der Waals surface area contributed by atoms with Gasteiger partial charge in [-0.15, -0.1) is 0 Å². The smallest absolute Gasteiger partial charge is 0.411 e. The SMILES string of the molecule is O=C1C=CC(=O)N1c1c(F)c(F)c(Oc2c(F)c(F)c(N3C(=O)c4ccc(C(c5ccc6c(c5)C(=O)N(c5c(F)c(F)c(Oc7c(F)c(F)c(N8C(=O)C=CC8=O)c(F)c7F)c(F)c5F)C6=O)(C(F)(F)F)C(F)(F)F)cc4C3=O)c(F)c2F)c(F)c1F. The molecule has 6 aromatic carbocycles. The summed E-state index contributed by atoms with van der Waals surface area (Å²) in [6, 6.07) is -1.59. The van der Waals surface area contributed by atoms with Crippen molar-refractivity contribution in [3.8, 4) is 23.0 Å². The Morgan fingerprint density at radius 2 is 0.483 bits per heavy atom. The van der Waals surface area contributed by atoms with Crippen LogP contribution in [0.5, 0.6) is 23.0 Å². The van der Waals surface area contributed by atoms with Gasteiger partial charge >= 0.3 is 12.4 Å². The monoisotopic (exact) mass is 1260 g/mol. The van der Waals surface area contributed by atoms with E-state index in [1.54, 1.807) is 0 Å². The molecule has 36 heteroatoms. The summed E-state index contributed by atoms with van der Waals surface area (Å²) in [7, 11) is 0. The largest absolute Gasteiger partial charge is 0.444 e. The first-order valence-corrected chi connectivity index (χ1v) is 22.6. The second-order valence-corrected chi connectivity index (χ2v) is 17.8. The van der Waals surface area contributed by atoms with Crippen LogP contribution in [0.4, 0.5) is 119 Å². The van der Waals surface area contributed by atoms with Gasteiger partial charge < -0.3 is 9.47 Å². The van der Waals surface area contributed by atoms with Crippen LogP contribution >= 0.6 is 0 Å². The molecule has 8 amide bonds. The first-order chi connectivity index (χ1) is 40.5. The number of amides is 8. The molecule has 4 aliphatic heterocycles. The zero-order valence-electron chi connectivity index (χ0n) is 40.5. The molecule has 4 heterocycles. The number of hydrogen-bond donors (Lipinski definition) is 0. The van der Waals surface area contributed by atoms with Gasteiger partial charge in [-0.1, -0.05) is 12.1 Å². The van der Waals surface area contributed by atoms with Crippen molar-refractivity contribution in [3.05, 3.63) is 187 Å². The number of hydrogen-bond acceptors (Lipinski definition) is 10. The summed E-state index contributed by atoms with van der Waals surface area (Å²) in [6.45, 7) is 0. The molecule has 0 bridgehead atoms. The molecule has 0 spiro atoms. The third-order valence-electron chi connectivity index (χ3n) is 13.2. The summed E-state index contributed by atoms with van der Waals surface area (Å²) in [5.74, 6) is -72.8. The molecule has 87 heavy (non-hydrogen) atoms. The van der Waals surface area contributed by atoms with Crippen LogP contribution in [0.15, 0.2) is 60.7 Å². The normalized spacial score (nSPS) is 15.2. The van der Waals surface area contributed by atoms with E-state index in [-0.39, 0.29) is 24.3 Å². The van der Waals surface area contributed by atoms with Gasteiger partial charge in [0.15, 0.2) is 46.5 Å². The van der Waals surface area contributed by atoms with Crippen LogP contribution < -0.4 is 29.1 Å². The summed E-state index contributed by atoms with van der Waals surface area (Å²) >= 11 is 0.